The molecule has 0 aliphatic heterocycles. The second kappa shape index (κ2) is 45.7. The van der Waals surface area contributed by atoms with Gasteiger partial charge < -0.3 is 20.3 Å². The molecule has 0 saturated carbocycles. The van der Waals surface area contributed by atoms with Gasteiger partial charge >= 0.3 is 5.97 Å². The molecule has 0 bridgehead atoms. The number of nitrogens with one attached hydrogen (secondary N) is 1. The summed E-state index contributed by atoms with van der Waals surface area (Å²) < 4.78 is 5.92. The summed E-state index contributed by atoms with van der Waals surface area (Å²) in [4.78, 5) is 26.1. The molecule has 6 nitrogen and oxygen atoms in total. The van der Waals surface area contributed by atoms with E-state index in [0.29, 0.717) is 19.3 Å². The average molecular weight is 806 g/mol. The third kappa shape index (κ3) is 41.1. The van der Waals surface area contributed by atoms with Crippen LogP contribution in [0.2, 0.25) is 0 Å². The van der Waals surface area contributed by atoms with Crippen LogP contribution in [0.4, 0.5) is 0 Å². The normalized spacial score (nSPS) is 13.3. The minimum atomic E-state index is -0.782. The van der Waals surface area contributed by atoms with E-state index in [1.165, 1.54) is 180 Å². The Bertz CT molecular complexity index is 863. The number of carbonyl (C=O) groups is 2. The number of esters is 1. The molecule has 6 heteroatoms. The summed E-state index contributed by atoms with van der Waals surface area (Å²) in [6.45, 7) is 6.46. The van der Waals surface area contributed by atoms with Crippen molar-refractivity contribution < 1.29 is 24.5 Å². The molecule has 0 spiro atoms. The highest BCUT2D eigenvalue weighted by Crippen LogP contribution is 2.18. The van der Waals surface area contributed by atoms with E-state index >= 15 is 0 Å². The van der Waals surface area contributed by atoms with Gasteiger partial charge in [0.2, 0.25) is 5.91 Å². The fourth-order valence-electron chi connectivity index (χ4n) is 7.94. The van der Waals surface area contributed by atoms with Gasteiger partial charge in [0, 0.05) is 6.42 Å². The van der Waals surface area contributed by atoms with Crippen LogP contribution in [0.25, 0.3) is 0 Å². The topological polar surface area (TPSA) is 95.9 Å². The zero-order chi connectivity index (χ0) is 41.7. The number of aliphatic hydroxyl groups is 2. The molecule has 3 N–H and O–H groups in total. The standard InChI is InChI=1S/C51H99NO5/c1-4-7-10-13-16-19-22-23-24-25-26-29-30-33-36-39-42-47(57-51(56)44-41-38-35-32-28-21-18-15-12-9-6-3)45-50(55)52-48(46-53)49(54)43-40-37-34-31-27-20-17-14-11-8-5-2/h15,18,47-49,53-54H,4-14,16-17,19-46H2,1-3H3,(H,52,55)/b18-15-. The molecule has 57 heavy (non-hydrogen) atoms. The van der Waals surface area contributed by atoms with Crippen LogP contribution in [-0.4, -0.2) is 46.9 Å². The largest absolute Gasteiger partial charge is 0.462 e. The third-order valence-corrected chi connectivity index (χ3v) is 11.8. The number of ether oxygens (including phenoxy) is 1. The maximum absolute atomic E-state index is 13.2. The van der Waals surface area contributed by atoms with Crippen molar-refractivity contribution in [2.45, 2.75) is 296 Å². The lowest BCUT2D eigenvalue weighted by Gasteiger charge is -2.24. The van der Waals surface area contributed by atoms with Crippen LogP contribution in [0.5, 0.6) is 0 Å². The van der Waals surface area contributed by atoms with Gasteiger partial charge in [-0.15, -0.1) is 0 Å². The van der Waals surface area contributed by atoms with Gasteiger partial charge in [0.15, 0.2) is 0 Å². The van der Waals surface area contributed by atoms with E-state index in [-0.39, 0.29) is 24.9 Å². The van der Waals surface area contributed by atoms with Crippen molar-refractivity contribution in [3.63, 3.8) is 0 Å². The Morgan fingerprint density at radius 1 is 0.491 bits per heavy atom. The molecule has 1 amide bonds. The number of hydrogen-bond acceptors (Lipinski definition) is 5. The Labute approximate surface area is 355 Å². The van der Waals surface area contributed by atoms with Crippen molar-refractivity contribution in [1.82, 2.24) is 5.32 Å². The molecule has 3 atom stereocenters. The Kier molecular flexibility index (Phi) is 44.6. The number of allylic oxidation sites excluding steroid dienone is 2. The first-order chi connectivity index (χ1) is 28.0. The molecule has 0 aliphatic carbocycles. The second-order valence-electron chi connectivity index (χ2n) is 17.6. The SMILES string of the molecule is CCCC/C=C\CCCCCCCC(=O)OC(CCCCCCCCCCCCCCCCCC)CC(=O)NC(CO)C(O)CCCCCCCCCCCCC. The summed E-state index contributed by atoms with van der Waals surface area (Å²) in [5.41, 5.74) is 0. The lowest BCUT2D eigenvalue weighted by molar-refractivity contribution is -0.151. The van der Waals surface area contributed by atoms with Gasteiger partial charge in [-0.25, -0.2) is 0 Å². The maximum Gasteiger partial charge on any atom is 0.306 e. The fraction of sp³-hybridized carbons (Fsp3) is 0.922. The molecular weight excluding hydrogens is 707 g/mol. The molecule has 3 unspecified atom stereocenters. The summed E-state index contributed by atoms with van der Waals surface area (Å²) in [6.07, 6.45) is 49.8. The zero-order valence-electron chi connectivity index (χ0n) is 38.5. The summed E-state index contributed by atoms with van der Waals surface area (Å²) in [5.74, 6) is -0.469. The van der Waals surface area contributed by atoms with E-state index in [4.69, 9.17) is 4.74 Å². The molecule has 0 aliphatic rings. The number of hydrogen-bond donors (Lipinski definition) is 3. The smallest absolute Gasteiger partial charge is 0.306 e. The van der Waals surface area contributed by atoms with Crippen molar-refractivity contribution in [1.29, 1.82) is 0 Å². The number of rotatable bonds is 46. The highest BCUT2D eigenvalue weighted by Gasteiger charge is 2.24. The van der Waals surface area contributed by atoms with Gasteiger partial charge in [-0.3, -0.25) is 9.59 Å². The predicted molar refractivity (Wildman–Crippen MR) is 246 cm³/mol. The highest BCUT2D eigenvalue weighted by atomic mass is 16.5. The molecule has 0 aromatic heterocycles. The van der Waals surface area contributed by atoms with Crippen LogP contribution in [0.1, 0.15) is 278 Å². The highest BCUT2D eigenvalue weighted by molar-refractivity contribution is 5.77. The molecule has 338 valence electrons. The van der Waals surface area contributed by atoms with Crippen LogP contribution in [0.15, 0.2) is 12.2 Å². The van der Waals surface area contributed by atoms with E-state index in [2.05, 4.69) is 38.2 Å². The van der Waals surface area contributed by atoms with Gasteiger partial charge in [0.25, 0.3) is 0 Å². The van der Waals surface area contributed by atoms with Crippen molar-refractivity contribution in [2.75, 3.05) is 6.61 Å². The van der Waals surface area contributed by atoms with Crippen molar-refractivity contribution >= 4 is 11.9 Å². The minimum Gasteiger partial charge on any atom is -0.462 e. The summed E-state index contributed by atoms with van der Waals surface area (Å²) in [5, 5.41) is 23.7. The number of carbonyl (C=O) groups excluding carboxylic acids is 2. The molecular formula is C51H99NO5. The summed E-state index contributed by atoms with van der Waals surface area (Å²) in [7, 11) is 0. The number of amides is 1. The van der Waals surface area contributed by atoms with Crippen molar-refractivity contribution in [3.05, 3.63) is 12.2 Å². The molecule has 0 saturated heterocycles. The van der Waals surface area contributed by atoms with E-state index < -0.39 is 18.2 Å². The van der Waals surface area contributed by atoms with Gasteiger partial charge in [0.1, 0.15) is 6.10 Å². The van der Waals surface area contributed by atoms with Crippen molar-refractivity contribution in [2.24, 2.45) is 0 Å². The van der Waals surface area contributed by atoms with E-state index in [1.807, 2.05) is 0 Å². The van der Waals surface area contributed by atoms with E-state index in [9.17, 15) is 19.8 Å². The summed E-state index contributed by atoms with van der Waals surface area (Å²) >= 11 is 0. The van der Waals surface area contributed by atoms with Crippen LogP contribution in [0, 0.1) is 0 Å². The van der Waals surface area contributed by atoms with Crippen LogP contribution >= 0.6 is 0 Å². The lowest BCUT2D eigenvalue weighted by atomic mass is 10.0. The number of unbranched alkanes of at least 4 members (excludes halogenated alkanes) is 32. The first-order valence-electron chi connectivity index (χ1n) is 25.4. The number of aliphatic hydroxyl groups excluding tert-OH is 2. The molecule has 0 aromatic carbocycles. The third-order valence-electron chi connectivity index (χ3n) is 11.8. The van der Waals surface area contributed by atoms with Crippen LogP contribution in [0.3, 0.4) is 0 Å². The summed E-state index contributed by atoms with van der Waals surface area (Å²) in [6, 6.07) is -0.695. The Hall–Kier alpha value is -1.40. The fourth-order valence-corrected chi connectivity index (χ4v) is 7.94. The second-order valence-corrected chi connectivity index (χ2v) is 17.6. The van der Waals surface area contributed by atoms with Crippen LogP contribution < -0.4 is 5.32 Å². The van der Waals surface area contributed by atoms with Crippen molar-refractivity contribution in [3.8, 4) is 0 Å². The first-order valence-corrected chi connectivity index (χ1v) is 25.4. The molecule has 0 radical (unpaired) electrons. The minimum absolute atomic E-state index is 0.0813. The quantitative estimate of drug-likeness (QED) is 0.0323. The lowest BCUT2D eigenvalue weighted by Crippen LogP contribution is -2.46. The monoisotopic (exact) mass is 806 g/mol. The van der Waals surface area contributed by atoms with Gasteiger partial charge in [-0.1, -0.05) is 232 Å². The van der Waals surface area contributed by atoms with Gasteiger partial charge in [0.05, 0.1) is 25.2 Å². The Morgan fingerprint density at radius 2 is 0.860 bits per heavy atom. The maximum atomic E-state index is 13.2. The van der Waals surface area contributed by atoms with E-state index in [1.54, 1.807) is 0 Å². The molecule has 0 rings (SSSR count). The van der Waals surface area contributed by atoms with Gasteiger partial charge in [-0.2, -0.15) is 0 Å². The first kappa shape index (κ1) is 55.6. The van der Waals surface area contributed by atoms with Gasteiger partial charge in [-0.05, 0) is 44.9 Å². The zero-order valence-corrected chi connectivity index (χ0v) is 38.5. The molecule has 0 heterocycles. The molecule has 0 aromatic rings. The Morgan fingerprint density at radius 3 is 1.30 bits per heavy atom. The Balaban J connectivity index is 4.54. The van der Waals surface area contributed by atoms with E-state index in [0.717, 1.165) is 51.4 Å². The predicted octanol–water partition coefficient (Wildman–Crippen LogP) is 15.0. The van der Waals surface area contributed by atoms with Crippen LogP contribution in [-0.2, 0) is 14.3 Å². The molecule has 0 fully saturated rings. The average Bonchev–Trinajstić information content (AvgIpc) is 3.20.